The number of sulfonamides is 1. The van der Waals surface area contributed by atoms with Gasteiger partial charge in [-0.3, -0.25) is 4.79 Å². The van der Waals surface area contributed by atoms with E-state index in [1.54, 1.807) is 40.7 Å². The van der Waals surface area contributed by atoms with Gasteiger partial charge in [0.15, 0.2) is 0 Å². The highest BCUT2D eigenvalue weighted by molar-refractivity contribution is 7.89. The molecule has 2 N–H and O–H groups in total. The first-order valence-corrected chi connectivity index (χ1v) is 11.0. The van der Waals surface area contributed by atoms with Crippen LogP contribution in [0.3, 0.4) is 0 Å². The number of benzene rings is 2. The first kappa shape index (κ1) is 20.4. The number of nitrogens with zero attached hydrogens (tertiary/aromatic N) is 1. The van der Waals surface area contributed by atoms with Crippen molar-refractivity contribution in [2.75, 3.05) is 11.9 Å². The van der Waals surface area contributed by atoms with E-state index in [-0.39, 0.29) is 22.6 Å². The van der Waals surface area contributed by atoms with Crippen LogP contribution >= 0.6 is 0 Å². The van der Waals surface area contributed by atoms with Gasteiger partial charge in [-0.2, -0.15) is 4.31 Å². The van der Waals surface area contributed by atoms with Crippen molar-refractivity contribution in [2.45, 2.75) is 50.0 Å². The van der Waals surface area contributed by atoms with Gasteiger partial charge < -0.3 is 10.4 Å². The molecule has 1 amide bonds. The van der Waals surface area contributed by atoms with Crippen molar-refractivity contribution in [2.24, 2.45) is 0 Å². The van der Waals surface area contributed by atoms with Crippen LogP contribution in [0.5, 0.6) is 5.75 Å². The Bertz CT molecular complexity index is 908. The van der Waals surface area contributed by atoms with Crippen LogP contribution in [0.25, 0.3) is 0 Å². The molecule has 0 spiro atoms. The van der Waals surface area contributed by atoms with Crippen molar-refractivity contribution >= 4 is 21.6 Å². The molecule has 6 nitrogen and oxygen atoms in total. The molecule has 1 saturated heterocycles. The van der Waals surface area contributed by atoms with Crippen LogP contribution in [-0.2, 0) is 21.2 Å². The lowest BCUT2D eigenvalue weighted by atomic mass is 9.98. The summed E-state index contributed by atoms with van der Waals surface area (Å²) in [6, 6.07) is 13.3. The number of rotatable bonds is 6. The van der Waals surface area contributed by atoms with E-state index < -0.39 is 10.0 Å². The number of hydrogen-bond acceptors (Lipinski definition) is 4. The molecule has 2 aromatic rings. The summed E-state index contributed by atoms with van der Waals surface area (Å²) in [5, 5.41) is 12.1. The lowest BCUT2D eigenvalue weighted by molar-refractivity contribution is -0.114. The van der Waals surface area contributed by atoms with E-state index >= 15 is 0 Å². The van der Waals surface area contributed by atoms with Crippen LogP contribution in [0.4, 0.5) is 5.69 Å². The van der Waals surface area contributed by atoms with Gasteiger partial charge in [0.2, 0.25) is 15.9 Å². The number of piperidine rings is 1. The number of carbonyl (C=O) groups is 1. The van der Waals surface area contributed by atoms with Crippen molar-refractivity contribution < 1.29 is 18.3 Å². The first-order valence-electron chi connectivity index (χ1n) is 9.53. The van der Waals surface area contributed by atoms with Gasteiger partial charge in [0.1, 0.15) is 5.75 Å². The van der Waals surface area contributed by atoms with E-state index in [9.17, 15) is 18.3 Å². The molecule has 1 aliphatic heterocycles. The zero-order valence-electron chi connectivity index (χ0n) is 16.0. The summed E-state index contributed by atoms with van der Waals surface area (Å²) in [7, 11) is -3.59. The van der Waals surface area contributed by atoms with Gasteiger partial charge in [0.25, 0.3) is 0 Å². The largest absolute Gasteiger partial charge is 0.508 e. The number of aryl methyl sites for hydroxylation is 1. The summed E-state index contributed by atoms with van der Waals surface area (Å²) in [6.07, 6.45) is 4.24. The van der Waals surface area contributed by atoms with E-state index in [2.05, 4.69) is 5.32 Å². The number of nitrogens with one attached hydrogen (secondary N) is 1. The molecular weight excluding hydrogens is 376 g/mol. The molecule has 1 unspecified atom stereocenters. The second kappa shape index (κ2) is 8.75. The highest BCUT2D eigenvalue weighted by Crippen LogP contribution is 2.28. The third-order valence-corrected chi connectivity index (χ3v) is 7.02. The van der Waals surface area contributed by atoms with Crippen LogP contribution in [-0.4, -0.2) is 36.3 Å². The van der Waals surface area contributed by atoms with Crippen LogP contribution in [0.1, 0.15) is 38.2 Å². The van der Waals surface area contributed by atoms with E-state index in [1.165, 1.54) is 6.92 Å². The Morgan fingerprint density at radius 2 is 1.79 bits per heavy atom. The third kappa shape index (κ3) is 4.91. The van der Waals surface area contributed by atoms with Crippen molar-refractivity contribution in [3.63, 3.8) is 0 Å². The minimum absolute atomic E-state index is 0.0393. The van der Waals surface area contributed by atoms with E-state index in [0.717, 1.165) is 37.7 Å². The van der Waals surface area contributed by atoms with Crippen LogP contribution < -0.4 is 5.32 Å². The lowest BCUT2D eigenvalue weighted by Crippen LogP contribution is -2.43. The maximum atomic E-state index is 13.2. The normalized spacial score (nSPS) is 18.0. The van der Waals surface area contributed by atoms with E-state index in [0.29, 0.717) is 12.2 Å². The van der Waals surface area contributed by atoms with Gasteiger partial charge in [-0.25, -0.2) is 8.42 Å². The average molecular weight is 403 g/mol. The smallest absolute Gasteiger partial charge is 0.243 e. The molecular formula is C21H26N2O4S. The fraction of sp³-hybridized carbons (Fsp3) is 0.381. The molecule has 28 heavy (non-hydrogen) atoms. The Kier molecular flexibility index (Phi) is 6.36. The number of anilines is 1. The Morgan fingerprint density at radius 1 is 1.11 bits per heavy atom. The van der Waals surface area contributed by atoms with E-state index in [4.69, 9.17) is 0 Å². The fourth-order valence-corrected chi connectivity index (χ4v) is 5.35. The topological polar surface area (TPSA) is 86.7 Å². The molecule has 1 aliphatic rings. The lowest BCUT2D eigenvalue weighted by Gasteiger charge is -2.35. The minimum atomic E-state index is -3.59. The van der Waals surface area contributed by atoms with Crippen LogP contribution in [0.15, 0.2) is 53.4 Å². The molecule has 0 saturated carbocycles. The van der Waals surface area contributed by atoms with Crippen molar-refractivity contribution in [3.8, 4) is 5.75 Å². The number of hydrogen-bond donors (Lipinski definition) is 2. The second-order valence-electron chi connectivity index (χ2n) is 7.18. The molecule has 1 heterocycles. The molecule has 0 bridgehead atoms. The molecule has 1 fully saturated rings. The summed E-state index contributed by atoms with van der Waals surface area (Å²) in [5.41, 5.74) is 1.66. The Hall–Kier alpha value is -2.38. The number of phenols is 1. The Morgan fingerprint density at radius 3 is 2.43 bits per heavy atom. The zero-order valence-corrected chi connectivity index (χ0v) is 16.8. The quantitative estimate of drug-likeness (QED) is 0.774. The van der Waals surface area contributed by atoms with Crippen LogP contribution in [0.2, 0.25) is 0 Å². The summed E-state index contributed by atoms with van der Waals surface area (Å²) >= 11 is 0. The summed E-state index contributed by atoms with van der Waals surface area (Å²) in [6.45, 7) is 1.94. The van der Waals surface area contributed by atoms with Crippen molar-refractivity contribution in [1.82, 2.24) is 4.31 Å². The molecule has 1 atom stereocenters. The molecule has 0 aromatic heterocycles. The van der Waals surface area contributed by atoms with Crippen molar-refractivity contribution in [3.05, 3.63) is 54.1 Å². The monoisotopic (exact) mass is 402 g/mol. The number of amides is 1. The van der Waals surface area contributed by atoms with Gasteiger partial charge >= 0.3 is 0 Å². The Labute approximate surface area is 166 Å². The highest BCUT2D eigenvalue weighted by Gasteiger charge is 2.33. The van der Waals surface area contributed by atoms with Gasteiger partial charge in [0.05, 0.1) is 4.90 Å². The molecule has 3 rings (SSSR count). The van der Waals surface area contributed by atoms with Gasteiger partial charge in [-0.05, 0) is 67.6 Å². The maximum absolute atomic E-state index is 13.2. The fourth-order valence-electron chi connectivity index (χ4n) is 3.62. The van der Waals surface area contributed by atoms with Gasteiger partial charge in [0, 0.05) is 25.2 Å². The van der Waals surface area contributed by atoms with Gasteiger partial charge in [-0.1, -0.05) is 18.6 Å². The van der Waals surface area contributed by atoms with Crippen molar-refractivity contribution in [1.29, 1.82) is 0 Å². The number of phenolic OH excluding ortho intramolecular Hbond substituents is 1. The SMILES string of the molecule is CC(=O)Nc1ccc(S(=O)(=O)N2CCCCC2CCc2ccc(O)cc2)cc1. The standard InChI is InChI=1S/C21H26N2O4S/c1-16(24)22-18-8-13-21(14-9-18)28(26,27)23-15-3-2-4-19(23)10-5-17-6-11-20(25)12-7-17/h6-9,11-14,19,25H,2-5,10,15H2,1H3,(H,22,24). The Balaban J connectivity index is 1.74. The molecule has 0 radical (unpaired) electrons. The summed E-state index contributed by atoms with van der Waals surface area (Å²) < 4.78 is 28.0. The number of aromatic hydroxyl groups is 1. The third-order valence-electron chi connectivity index (χ3n) is 5.06. The predicted molar refractivity (Wildman–Crippen MR) is 109 cm³/mol. The minimum Gasteiger partial charge on any atom is -0.508 e. The van der Waals surface area contributed by atoms with E-state index in [1.807, 2.05) is 12.1 Å². The van der Waals surface area contributed by atoms with Crippen LogP contribution in [0, 0.1) is 0 Å². The second-order valence-corrected chi connectivity index (χ2v) is 9.07. The predicted octanol–water partition coefficient (Wildman–Crippen LogP) is 3.53. The summed E-state index contributed by atoms with van der Waals surface area (Å²) in [5.74, 6) is 0.0364. The van der Waals surface area contributed by atoms with Gasteiger partial charge in [-0.15, -0.1) is 0 Å². The average Bonchev–Trinajstić information content (AvgIpc) is 2.68. The maximum Gasteiger partial charge on any atom is 0.243 e. The molecule has 150 valence electrons. The molecule has 7 heteroatoms. The number of carbonyl (C=O) groups excluding carboxylic acids is 1. The zero-order chi connectivity index (χ0) is 20.1. The summed E-state index contributed by atoms with van der Waals surface area (Å²) in [4.78, 5) is 11.4. The first-order chi connectivity index (χ1) is 13.4. The molecule has 2 aromatic carbocycles. The molecule has 0 aliphatic carbocycles. The highest BCUT2D eigenvalue weighted by atomic mass is 32.2.